The fourth-order valence-corrected chi connectivity index (χ4v) is 3.52. The molecule has 4 nitrogen and oxygen atoms in total. The van der Waals surface area contributed by atoms with Gasteiger partial charge in [-0.25, -0.2) is 0 Å². The van der Waals surface area contributed by atoms with Gasteiger partial charge in [0, 0.05) is 32.1 Å². The molecule has 4 heteroatoms. The van der Waals surface area contributed by atoms with Gasteiger partial charge in [0.25, 0.3) is 0 Å². The lowest BCUT2D eigenvalue weighted by Gasteiger charge is -2.10. The van der Waals surface area contributed by atoms with E-state index < -0.39 is 0 Å². The molecule has 2 aromatic rings. The van der Waals surface area contributed by atoms with E-state index in [1.807, 2.05) is 11.7 Å². The third-order valence-electron chi connectivity index (χ3n) is 4.80. The van der Waals surface area contributed by atoms with Crippen LogP contribution < -0.4 is 5.32 Å². The van der Waals surface area contributed by atoms with E-state index in [2.05, 4.69) is 28.7 Å². The van der Waals surface area contributed by atoms with Crippen LogP contribution in [0.5, 0.6) is 0 Å². The number of amides is 1. The van der Waals surface area contributed by atoms with Gasteiger partial charge in [0.15, 0.2) is 0 Å². The largest absolute Gasteiger partial charge is 0.356 e. The first kappa shape index (κ1) is 12.9. The maximum Gasteiger partial charge on any atom is 0.216 e. The van der Waals surface area contributed by atoms with Crippen molar-refractivity contribution in [2.24, 2.45) is 13.0 Å². The summed E-state index contributed by atoms with van der Waals surface area (Å²) in [6.07, 6.45) is 5.99. The summed E-state index contributed by atoms with van der Waals surface area (Å²) in [4.78, 5) is 11.1. The SMILES string of the molecule is CC(=O)NCC1CC1c1c(C2CC2)ccc2nn(C)cc12. The van der Waals surface area contributed by atoms with Gasteiger partial charge in [-0.15, -0.1) is 0 Å². The van der Waals surface area contributed by atoms with Gasteiger partial charge < -0.3 is 5.32 Å². The Bertz CT molecular complexity index is 714. The minimum Gasteiger partial charge on any atom is -0.356 e. The number of benzene rings is 1. The predicted molar refractivity (Wildman–Crippen MR) is 82.2 cm³/mol. The van der Waals surface area contributed by atoms with E-state index in [1.165, 1.54) is 35.8 Å². The second-order valence-electron chi connectivity index (χ2n) is 6.62. The molecule has 0 bridgehead atoms. The van der Waals surface area contributed by atoms with E-state index in [4.69, 9.17) is 0 Å². The molecule has 1 N–H and O–H groups in total. The summed E-state index contributed by atoms with van der Waals surface area (Å²) in [6.45, 7) is 2.40. The molecule has 21 heavy (non-hydrogen) atoms. The molecule has 0 aliphatic heterocycles. The van der Waals surface area contributed by atoms with Gasteiger partial charge in [0.05, 0.1) is 5.52 Å². The Labute approximate surface area is 124 Å². The van der Waals surface area contributed by atoms with Crippen LogP contribution in [0.4, 0.5) is 0 Å². The van der Waals surface area contributed by atoms with Crippen molar-refractivity contribution >= 4 is 16.8 Å². The molecule has 0 spiro atoms. The normalized spacial score (nSPS) is 24.3. The molecule has 110 valence electrons. The smallest absolute Gasteiger partial charge is 0.216 e. The summed E-state index contributed by atoms with van der Waals surface area (Å²) in [6, 6.07) is 4.45. The van der Waals surface area contributed by atoms with Crippen molar-refractivity contribution in [3.05, 3.63) is 29.5 Å². The van der Waals surface area contributed by atoms with Gasteiger partial charge >= 0.3 is 0 Å². The van der Waals surface area contributed by atoms with E-state index in [0.717, 1.165) is 18.0 Å². The Morgan fingerprint density at radius 1 is 1.43 bits per heavy atom. The first-order chi connectivity index (χ1) is 10.1. The molecule has 1 heterocycles. The Morgan fingerprint density at radius 2 is 2.24 bits per heavy atom. The van der Waals surface area contributed by atoms with E-state index in [-0.39, 0.29) is 5.91 Å². The molecule has 0 saturated heterocycles. The van der Waals surface area contributed by atoms with Crippen LogP contribution in [0.2, 0.25) is 0 Å². The van der Waals surface area contributed by atoms with Crippen molar-refractivity contribution in [2.75, 3.05) is 6.54 Å². The van der Waals surface area contributed by atoms with E-state index in [9.17, 15) is 4.79 Å². The number of carbonyl (C=O) groups is 1. The van der Waals surface area contributed by atoms with Crippen LogP contribution in [0.25, 0.3) is 10.9 Å². The standard InChI is InChI=1S/C17H21N3O/c1-10(21)18-8-12-7-14(12)17-13(11-3-4-11)5-6-16-15(17)9-20(2)19-16/h5-6,9,11-12,14H,3-4,7-8H2,1-2H3,(H,18,21). The summed E-state index contributed by atoms with van der Waals surface area (Å²) in [5.41, 5.74) is 4.14. The Hall–Kier alpha value is -1.84. The minimum atomic E-state index is 0.0719. The maximum absolute atomic E-state index is 11.1. The molecular weight excluding hydrogens is 262 g/mol. The number of aromatic nitrogens is 2. The first-order valence-electron chi connectivity index (χ1n) is 7.84. The summed E-state index contributed by atoms with van der Waals surface area (Å²) in [5.74, 6) is 2.02. The van der Waals surface area contributed by atoms with Crippen molar-refractivity contribution in [2.45, 2.75) is 38.0 Å². The molecule has 2 unspecified atom stereocenters. The van der Waals surface area contributed by atoms with Crippen LogP contribution in [0, 0.1) is 5.92 Å². The maximum atomic E-state index is 11.1. The van der Waals surface area contributed by atoms with Crippen molar-refractivity contribution in [1.29, 1.82) is 0 Å². The predicted octanol–water partition coefficient (Wildman–Crippen LogP) is 2.69. The fraction of sp³-hybridized carbons (Fsp3) is 0.529. The highest BCUT2D eigenvalue weighted by molar-refractivity contribution is 5.84. The molecule has 2 aliphatic carbocycles. The molecule has 1 aromatic carbocycles. The lowest BCUT2D eigenvalue weighted by Crippen LogP contribution is -2.22. The topological polar surface area (TPSA) is 46.9 Å². The Morgan fingerprint density at radius 3 is 2.95 bits per heavy atom. The van der Waals surface area contributed by atoms with Crippen molar-refractivity contribution in [3.8, 4) is 0 Å². The van der Waals surface area contributed by atoms with Crippen molar-refractivity contribution < 1.29 is 4.79 Å². The van der Waals surface area contributed by atoms with E-state index in [1.54, 1.807) is 6.92 Å². The third-order valence-corrected chi connectivity index (χ3v) is 4.80. The van der Waals surface area contributed by atoms with Gasteiger partial charge in [0.1, 0.15) is 0 Å². The second kappa shape index (κ2) is 4.58. The van der Waals surface area contributed by atoms with Crippen molar-refractivity contribution in [1.82, 2.24) is 15.1 Å². The molecule has 2 aliphatic rings. The first-order valence-corrected chi connectivity index (χ1v) is 7.84. The molecule has 2 atom stereocenters. The number of nitrogens with zero attached hydrogens (tertiary/aromatic N) is 2. The van der Waals surface area contributed by atoms with E-state index in [0.29, 0.717) is 11.8 Å². The van der Waals surface area contributed by atoms with Gasteiger partial charge in [-0.05, 0) is 54.2 Å². The number of aryl methyl sites for hydroxylation is 1. The number of rotatable bonds is 4. The highest BCUT2D eigenvalue weighted by Crippen LogP contribution is 2.54. The number of fused-ring (bicyclic) bond motifs is 1. The van der Waals surface area contributed by atoms with Gasteiger partial charge in [-0.3, -0.25) is 9.48 Å². The van der Waals surface area contributed by atoms with Crippen molar-refractivity contribution in [3.63, 3.8) is 0 Å². The van der Waals surface area contributed by atoms with Crippen LogP contribution in [-0.4, -0.2) is 22.2 Å². The van der Waals surface area contributed by atoms with Gasteiger partial charge in [-0.2, -0.15) is 5.10 Å². The fourth-order valence-electron chi connectivity index (χ4n) is 3.52. The zero-order valence-electron chi connectivity index (χ0n) is 12.6. The Balaban J connectivity index is 1.69. The van der Waals surface area contributed by atoms with E-state index >= 15 is 0 Å². The number of hydrogen-bond donors (Lipinski definition) is 1. The number of nitrogens with one attached hydrogen (secondary N) is 1. The third kappa shape index (κ3) is 2.33. The van der Waals surface area contributed by atoms with Crippen LogP contribution in [0.3, 0.4) is 0 Å². The van der Waals surface area contributed by atoms with Crippen LogP contribution in [0.1, 0.15) is 49.1 Å². The van der Waals surface area contributed by atoms with Gasteiger partial charge in [-0.1, -0.05) is 6.07 Å². The lowest BCUT2D eigenvalue weighted by molar-refractivity contribution is -0.119. The average molecular weight is 283 g/mol. The second-order valence-corrected chi connectivity index (χ2v) is 6.62. The lowest BCUT2D eigenvalue weighted by atomic mass is 9.95. The highest BCUT2D eigenvalue weighted by Gasteiger charge is 2.42. The summed E-state index contributed by atoms with van der Waals surface area (Å²) < 4.78 is 1.91. The molecule has 2 saturated carbocycles. The summed E-state index contributed by atoms with van der Waals surface area (Å²) in [7, 11) is 1.99. The molecular formula is C17H21N3O. The van der Waals surface area contributed by atoms with Crippen LogP contribution in [-0.2, 0) is 11.8 Å². The quantitative estimate of drug-likeness (QED) is 0.937. The number of carbonyl (C=O) groups excluding carboxylic acids is 1. The highest BCUT2D eigenvalue weighted by atomic mass is 16.1. The number of hydrogen-bond acceptors (Lipinski definition) is 2. The average Bonchev–Trinajstić information content (AvgIpc) is 3.32. The molecule has 1 aromatic heterocycles. The van der Waals surface area contributed by atoms with Crippen LogP contribution in [0.15, 0.2) is 18.3 Å². The van der Waals surface area contributed by atoms with Crippen LogP contribution >= 0.6 is 0 Å². The minimum absolute atomic E-state index is 0.0719. The molecule has 1 amide bonds. The Kier molecular flexibility index (Phi) is 2.81. The molecule has 2 fully saturated rings. The monoisotopic (exact) mass is 283 g/mol. The zero-order chi connectivity index (χ0) is 14.6. The molecule has 0 radical (unpaired) electrons. The van der Waals surface area contributed by atoms with Gasteiger partial charge in [0.2, 0.25) is 5.91 Å². The summed E-state index contributed by atoms with van der Waals surface area (Å²) >= 11 is 0. The zero-order valence-corrected chi connectivity index (χ0v) is 12.6. The summed E-state index contributed by atoms with van der Waals surface area (Å²) in [5, 5.41) is 8.83. The molecule has 4 rings (SSSR count).